The molecule has 2 aromatic carbocycles. The summed E-state index contributed by atoms with van der Waals surface area (Å²) in [6.07, 6.45) is 3.43. The van der Waals surface area contributed by atoms with E-state index in [4.69, 9.17) is 10.4 Å². The second-order valence-electron chi connectivity index (χ2n) is 9.52. The summed E-state index contributed by atoms with van der Waals surface area (Å²) >= 11 is 0. The van der Waals surface area contributed by atoms with E-state index in [9.17, 15) is 9.59 Å². The molecule has 2 amide bonds. The van der Waals surface area contributed by atoms with E-state index in [2.05, 4.69) is 11.9 Å². The highest BCUT2D eigenvalue weighted by Gasteiger charge is 2.26. The van der Waals surface area contributed by atoms with Gasteiger partial charge in [-0.25, -0.2) is 4.98 Å². The molecule has 2 aliphatic rings. The third kappa shape index (κ3) is 4.05. The molecular weight excluding hydrogens is 438 g/mol. The van der Waals surface area contributed by atoms with Gasteiger partial charge in [-0.3, -0.25) is 9.59 Å². The van der Waals surface area contributed by atoms with Gasteiger partial charge in [0, 0.05) is 80.5 Å². The maximum Gasteiger partial charge on any atom is 0.253 e. The first kappa shape index (κ1) is 23.0. The fourth-order valence-corrected chi connectivity index (χ4v) is 5.37. The molecule has 7 nitrogen and oxygen atoms in total. The number of nitrogens with zero attached hydrogens (tertiary/aromatic N) is 4. The quantitative estimate of drug-likeness (QED) is 0.590. The molecule has 0 bridgehead atoms. The summed E-state index contributed by atoms with van der Waals surface area (Å²) in [4.78, 5) is 35.6. The van der Waals surface area contributed by atoms with E-state index in [1.807, 2.05) is 48.2 Å². The van der Waals surface area contributed by atoms with Crippen LogP contribution in [0.15, 0.2) is 36.4 Å². The predicted octanol–water partition coefficient (Wildman–Crippen LogP) is 3.89. The van der Waals surface area contributed by atoms with Crippen molar-refractivity contribution in [3.8, 4) is 11.3 Å². The van der Waals surface area contributed by atoms with E-state index in [1.54, 1.807) is 11.8 Å². The Kier molecular flexibility index (Phi) is 6.01. The zero-order valence-corrected chi connectivity index (χ0v) is 20.6. The molecule has 1 saturated heterocycles. The van der Waals surface area contributed by atoms with Crippen LogP contribution in [0.25, 0.3) is 22.2 Å². The van der Waals surface area contributed by atoms with E-state index in [0.29, 0.717) is 31.7 Å². The third-order valence-electron chi connectivity index (χ3n) is 7.35. The minimum absolute atomic E-state index is 0.000847. The Morgan fingerprint density at radius 2 is 1.66 bits per heavy atom. The number of aryl methyl sites for hydroxylation is 1. The lowest BCUT2D eigenvalue weighted by Crippen LogP contribution is -2.50. The zero-order chi connectivity index (χ0) is 24.7. The molecule has 0 radical (unpaired) electrons. The second kappa shape index (κ2) is 9.13. The van der Waals surface area contributed by atoms with Gasteiger partial charge in [0.05, 0.1) is 16.9 Å². The van der Waals surface area contributed by atoms with Gasteiger partial charge in [0.25, 0.3) is 5.91 Å². The topological polar surface area (TPSA) is 80.6 Å². The SMILES string of the molecule is CC(=O)N1CCN(C(=O)c2ccc(-c3nc4ccc(C)c(C=N)c4c4c3CCCN4C)cc2)CC1. The minimum Gasteiger partial charge on any atom is -0.374 e. The summed E-state index contributed by atoms with van der Waals surface area (Å²) in [6, 6.07) is 11.8. The van der Waals surface area contributed by atoms with Gasteiger partial charge < -0.3 is 20.1 Å². The Morgan fingerprint density at radius 1 is 0.971 bits per heavy atom. The summed E-state index contributed by atoms with van der Waals surface area (Å²) in [6.45, 7) is 6.86. The Labute approximate surface area is 205 Å². The molecule has 0 saturated carbocycles. The first-order valence-electron chi connectivity index (χ1n) is 12.2. The Balaban J connectivity index is 1.51. The number of anilines is 1. The van der Waals surface area contributed by atoms with Crippen molar-refractivity contribution >= 4 is 34.6 Å². The number of piperazine rings is 1. The van der Waals surface area contributed by atoms with Crippen molar-refractivity contribution in [2.45, 2.75) is 26.7 Å². The van der Waals surface area contributed by atoms with Crippen LogP contribution in [0.5, 0.6) is 0 Å². The number of fused-ring (bicyclic) bond motifs is 3. The lowest BCUT2D eigenvalue weighted by molar-refractivity contribution is -0.130. The molecule has 7 heteroatoms. The van der Waals surface area contributed by atoms with E-state index >= 15 is 0 Å². The highest BCUT2D eigenvalue weighted by atomic mass is 16.2. The number of rotatable bonds is 3. The monoisotopic (exact) mass is 469 g/mol. The molecular formula is C28H31N5O2. The normalized spacial score (nSPS) is 15.8. The van der Waals surface area contributed by atoms with E-state index in [1.165, 1.54) is 17.5 Å². The van der Waals surface area contributed by atoms with Crippen molar-refractivity contribution in [3.63, 3.8) is 0 Å². The van der Waals surface area contributed by atoms with Gasteiger partial charge in [0.2, 0.25) is 5.91 Å². The molecule has 1 aromatic heterocycles. The van der Waals surface area contributed by atoms with Gasteiger partial charge >= 0.3 is 0 Å². The maximum absolute atomic E-state index is 13.1. The summed E-state index contributed by atoms with van der Waals surface area (Å²) in [5.74, 6) is 0.0558. The predicted molar refractivity (Wildman–Crippen MR) is 140 cm³/mol. The highest BCUT2D eigenvalue weighted by Crippen LogP contribution is 2.41. The van der Waals surface area contributed by atoms with Gasteiger partial charge in [0.1, 0.15) is 0 Å². The molecule has 35 heavy (non-hydrogen) atoms. The fourth-order valence-electron chi connectivity index (χ4n) is 5.37. The average molecular weight is 470 g/mol. The van der Waals surface area contributed by atoms with Gasteiger partial charge in [0.15, 0.2) is 0 Å². The lowest BCUT2D eigenvalue weighted by atomic mass is 9.91. The molecule has 3 heterocycles. The highest BCUT2D eigenvalue weighted by molar-refractivity contribution is 6.08. The van der Waals surface area contributed by atoms with Crippen LogP contribution in [0.3, 0.4) is 0 Å². The summed E-state index contributed by atoms with van der Waals surface area (Å²) in [5, 5.41) is 9.07. The number of carbonyl (C=O) groups excluding carboxylic acids is 2. The average Bonchev–Trinajstić information content (AvgIpc) is 2.88. The summed E-state index contributed by atoms with van der Waals surface area (Å²) in [5.41, 5.74) is 7.87. The van der Waals surface area contributed by atoms with Crippen LogP contribution in [0.2, 0.25) is 0 Å². The molecule has 0 atom stereocenters. The van der Waals surface area contributed by atoms with Crippen molar-refractivity contribution in [1.29, 1.82) is 5.41 Å². The molecule has 180 valence electrons. The van der Waals surface area contributed by atoms with Crippen LogP contribution < -0.4 is 4.90 Å². The summed E-state index contributed by atoms with van der Waals surface area (Å²) in [7, 11) is 2.12. The van der Waals surface area contributed by atoms with Gasteiger partial charge in [-0.2, -0.15) is 0 Å². The molecule has 2 aliphatic heterocycles. The first-order chi connectivity index (χ1) is 16.9. The molecule has 0 unspecified atom stereocenters. The second-order valence-corrected chi connectivity index (χ2v) is 9.52. The summed E-state index contributed by atoms with van der Waals surface area (Å²) < 4.78 is 0. The van der Waals surface area contributed by atoms with Crippen molar-refractivity contribution < 1.29 is 9.59 Å². The minimum atomic E-state index is -0.000847. The van der Waals surface area contributed by atoms with Crippen LogP contribution in [-0.2, 0) is 11.2 Å². The van der Waals surface area contributed by atoms with Crippen molar-refractivity contribution in [3.05, 3.63) is 58.7 Å². The number of carbonyl (C=O) groups is 2. The number of aromatic nitrogens is 1. The van der Waals surface area contributed by atoms with Crippen molar-refractivity contribution in [2.24, 2.45) is 0 Å². The van der Waals surface area contributed by atoms with E-state index in [0.717, 1.165) is 52.7 Å². The lowest BCUT2D eigenvalue weighted by Gasteiger charge is -2.34. The van der Waals surface area contributed by atoms with E-state index < -0.39 is 0 Å². The molecule has 0 aliphatic carbocycles. The van der Waals surface area contributed by atoms with Gasteiger partial charge in [-0.1, -0.05) is 18.2 Å². The number of amides is 2. The number of pyridine rings is 1. The van der Waals surface area contributed by atoms with Crippen molar-refractivity contribution in [1.82, 2.24) is 14.8 Å². The number of hydrogen-bond donors (Lipinski definition) is 1. The van der Waals surface area contributed by atoms with E-state index in [-0.39, 0.29) is 11.8 Å². The standard InChI is InChI=1S/C28H31N5O2/c1-18-6-11-24-25(23(18)17-29)27-22(5-4-12-31(27)3)26(30-24)20-7-9-21(10-8-20)28(35)33-15-13-32(14-16-33)19(2)34/h6-11,17,29H,4-5,12-16H2,1-3H3. The van der Waals surface area contributed by atoms with Gasteiger partial charge in [-0.05, 0) is 43.5 Å². The van der Waals surface area contributed by atoms with Crippen LogP contribution in [-0.4, -0.2) is 72.6 Å². The largest absolute Gasteiger partial charge is 0.374 e. The smallest absolute Gasteiger partial charge is 0.253 e. The Hall–Kier alpha value is -3.74. The Morgan fingerprint density at radius 3 is 2.31 bits per heavy atom. The number of nitrogens with one attached hydrogen (secondary N) is 1. The Bertz CT molecular complexity index is 1320. The maximum atomic E-state index is 13.1. The molecule has 3 aromatic rings. The van der Waals surface area contributed by atoms with Crippen LogP contribution in [0.1, 0.15) is 40.4 Å². The van der Waals surface area contributed by atoms with Crippen LogP contribution in [0, 0.1) is 12.3 Å². The van der Waals surface area contributed by atoms with Crippen molar-refractivity contribution in [2.75, 3.05) is 44.7 Å². The number of benzene rings is 2. The van der Waals surface area contributed by atoms with Crippen LogP contribution >= 0.6 is 0 Å². The first-order valence-corrected chi connectivity index (χ1v) is 12.2. The molecule has 1 N–H and O–H groups in total. The van der Waals surface area contributed by atoms with Crippen LogP contribution in [0.4, 0.5) is 5.69 Å². The molecule has 1 fully saturated rings. The van der Waals surface area contributed by atoms with Gasteiger partial charge in [-0.15, -0.1) is 0 Å². The molecule has 0 spiro atoms. The molecule has 5 rings (SSSR count). The fraction of sp³-hybridized carbons (Fsp3) is 0.357. The number of hydrogen-bond acceptors (Lipinski definition) is 5. The zero-order valence-electron chi connectivity index (χ0n) is 20.6. The third-order valence-corrected chi connectivity index (χ3v) is 7.35.